The number of hydrogen-bond acceptors (Lipinski definition) is 4. The van der Waals surface area contributed by atoms with Gasteiger partial charge in [0, 0.05) is 20.2 Å². The van der Waals surface area contributed by atoms with Crippen LogP contribution in [0.1, 0.15) is 19.3 Å². The van der Waals surface area contributed by atoms with Crippen molar-refractivity contribution in [3.05, 3.63) is 12.5 Å². The molecule has 1 unspecified atom stereocenters. The predicted molar refractivity (Wildman–Crippen MR) is 62.0 cm³/mol. The molecule has 2 rings (SSSR count). The van der Waals surface area contributed by atoms with Gasteiger partial charge in [0.25, 0.3) is 10.0 Å². The number of imidazole rings is 1. The molecular formula is C10H17N3O3S. The van der Waals surface area contributed by atoms with Crippen molar-refractivity contribution in [1.82, 2.24) is 14.3 Å². The lowest BCUT2D eigenvalue weighted by molar-refractivity contribution is 0.00856. The van der Waals surface area contributed by atoms with Gasteiger partial charge in [-0.15, -0.1) is 0 Å². The van der Waals surface area contributed by atoms with Crippen LogP contribution >= 0.6 is 0 Å². The number of aromatic nitrogens is 2. The Morgan fingerprint density at radius 1 is 1.59 bits per heavy atom. The average molecular weight is 259 g/mol. The van der Waals surface area contributed by atoms with Gasteiger partial charge < -0.3 is 9.72 Å². The molecule has 2 heterocycles. The first kappa shape index (κ1) is 12.5. The molecule has 1 saturated heterocycles. The lowest BCUT2D eigenvalue weighted by atomic mass is 10.1. The molecule has 1 aliphatic heterocycles. The molecule has 0 aliphatic carbocycles. The second-order valence-electron chi connectivity index (χ2n) is 4.19. The summed E-state index contributed by atoms with van der Waals surface area (Å²) in [4.78, 5) is 6.34. The molecule has 0 radical (unpaired) electrons. The van der Waals surface area contributed by atoms with Gasteiger partial charge in [0.15, 0.2) is 5.03 Å². The molecule has 96 valence electrons. The van der Waals surface area contributed by atoms with Crippen LogP contribution in [-0.2, 0) is 14.8 Å². The van der Waals surface area contributed by atoms with Crippen molar-refractivity contribution in [2.24, 2.45) is 0 Å². The van der Waals surface area contributed by atoms with Crippen LogP contribution < -0.4 is 0 Å². The number of nitrogens with one attached hydrogen (secondary N) is 1. The van der Waals surface area contributed by atoms with Gasteiger partial charge >= 0.3 is 0 Å². The summed E-state index contributed by atoms with van der Waals surface area (Å²) < 4.78 is 31.0. The number of ether oxygens (including phenoxy) is 1. The molecule has 1 aliphatic rings. The molecule has 0 spiro atoms. The summed E-state index contributed by atoms with van der Waals surface area (Å²) in [6.45, 7) is 1.12. The van der Waals surface area contributed by atoms with Crippen LogP contribution in [0.15, 0.2) is 17.6 Å². The fourth-order valence-corrected chi connectivity index (χ4v) is 2.98. The highest BCUT2D eigenvalue weighted by Gasteiger charge is 2.26. The lowest BCUT2D eigenvalue weighted by Gasteiger charge is -2.26. The maximum absolute atomic E-state index is 12.1. The summed E-state index contributed by atoms with van der Waals surface area (Å²) in [6, 6.07) is 0. The minimum Gasteiger partial charge on any atom is -0.377 e. The topological polar surface area (TPSA) is 75.3 Å². The zero-order valence-corrected chi connectivity index (χ0v) is 10.6. The Bertz CT molecular complexity index is 437. The first-order valence-electron chi connectivity index (χ1n) is 5.67. The van der Waals surface area contributed by atoms with Crippen molar-refractivity contribution < 1.29 is 13.2 Å². The van der Waals surface area contributed by atoms with Crippen LogP contribution in [-0.4, -0.2) is 49.0 Å². The molecule has 7 heteroatoms. The maximum Gasteiger partial charge on any atom is 0.259 e. The average Bonchev–Trinajstić information content (AvgIpc) is 2.84. The van der Waals surface area contributed by atoms with Crippen LogP contribution in [0, 0.1) is 0 Å². The fourth-order valence-electron chi connectivity index (χ4n) is 1.89. The second-order valence-corrected chi connectivity index (χ2v) is 6.20. The van der Waals surface area contributed by atoms with Gasteiger partial charge in [-0.25, -0.2) is 13.4 Å². The number of aromatic amines is 1. The molecule has 1 N–H and O–H groups in total. The molecule has 6 nitrogen and oxygen atoms in total. The summed E-state index contributed by atoms with van der Waals surface area (Å²) in [5.41, 5.74) is 0. The van der Waals surface area contributed by atoms with Crippen molar-refractivity contribution in [1.29, 1.82) is 0 Å². The molecule has 0 bridgehead atoms. The van der Waals surface area contributed by atoms with Gasteiger partial charge in [0.1, 0.15) is 0 Å². The Kier molecular flexibility index (Phi) is 3.80. The first-order valence-corrected chi connectivity index (χ1v) is 7.11. The molecule has 17 heavy (non-hydrogen) atoms. The predicted octanol–water partition coefficient (Wildman–Crippen LogP) is 0.599. The van der Waals surface area contributed by atoms with Crippen LogP contribution in [0.2, 0.25) is 0 Å². The van der Waals surface area contributed by atoms with E-state index in [1.165, 1.54) is 16.8 Å². The molecule has 1 aromatic rings. The van der Waals surface area contributed by atoms with Crippen molar-refractivity contribution >= 4 is 10.0 Å². The zero-order chi connectivity index (χ0) is 12.3. The Balaban J connectivity index is 2.01. The van der Waals surface area contributed by atoms with E-state index in [-0.39, 0.29) is 11.1 Å². The quantitative estimate of drug-likeness (QED) is 0.859. The van der Waals surface area contributed by atoms with E-state index in [1.807, 2.05) is 0 Å². The van der Waals surface area contributed by atoms with E-state index in [9.17, 15) is 8.42 Å². The third-order valence-corrected chi connectivity index (χ3v) is 4.64. The van der Waals surface area contributed by atoms with Crippen molar-refractivity contribution in [2.75, 3.05) is 20.2 Å². The summed E-state index contributed by atoms with van der Waals surface area (Å²) in [5.74, 6) is 0. The monoisotopic (exact) mass is 259 g/mol. The molecular weight excluding hydrogens is 242 g/mol. The normalized spacial score (nSPS) is 21.9. The van der Waals surface area contributed by atoms with Gasteiger partial charge in [0.05, 0.1) is 18.6 Å². The van der Waals surface area contributed by atoms with E-state index in [0.717, 1.165) is 25.9 Å². The first-order chi connectivity index (χ1) is 8.10. The van der Waals surface area contributed by atoms with E-state index >= 15 is 0 Å². The number of hydrogen-bond donors (Lipinski definition) is 1. The van der Waals surface area contributed by atoms with Gasteiger partial charge in [-0.3, -0.25) is 0 Å². The number of rotatable bonds is 4. The van der Waals surface area contributed by atoms with Crippen LogP contribution in [0.4, 0.5) is 0 Å². The highest BCUT2D eigenvalue weighted by molar-refractivity contribution is 7.89. The summed E-state index contributed by atoms with van der Waals surface area (Å²) >= 11 is 0. The minimum atomic E-state index is -3.46. The molecule has 1 atom stereocenters. The molecule has 1 fully saturated rings. The zero-order valence-electron chi connectivity index (χ0n) is 9.80. The Morgan fingerprint density at radius 3 is 3.00 bits per heavy atom. The van der Waals surface area contributed by atoms with Gasteiger partial charge in [-0.05, 0) is 19.3 Å². The summed E-state index contributed by atoms with van der Waals surface area (Å²) in [5, 5.41) is 0.121. The maximum atomic E-state index is 12.1. The van der Waals surface area contributed by atoms with Gasteiger partial charge in [-0.2, -0.15) is 4.31 Å². The van der Waals surface area contributed by atoms with Gasteiger partial charge in [-0.1, -0.05) is 0 Å². The number of nitrogens with zero attached hydrogens (tertiary/aromatic N) is 2. The summed E-state index contributed by atoms with van der Waals surface area (Å²) in [7, 11) is -1.90. The fraction of sp³-hybridized carbons (Fsp3) is 0.700. The number of H-pyrrole nitrogens is 1. The van der Waals surface area contributed by atoms with Crippen molar-refractivity contribution in [3.8, 4) is 0 Å². The van der Waals surface area contributed by atoms with E-state index < -0.39 is 10.0 Å². The Hall–Kier alpha value is -0.920. The second kappa shape index (κ2) is 5.16. The van der Waals surface area contributed by atoms with Crippen molar-refractivity contribution in [3.63, 3.8) is 0 Å². The smallest absolute Gasteiger partial charge is 0.259 e. The minimum absolute atomic E-state index is 0.00597. The van der Waals surface area contributed by atoms with Crippen molar-refractivity contribution in [2.45, 2.75) is 30.4 Å². The highest BCUT2D eigenvalue weighted by Crippen LogP contribution is 2.17. The Labute approximate surface area is 101 Å². The van der Waals surface area contributed by atoms with Gasteiger partial charge in [0.2, 0.25) is 0 Å². The molecule has 1 aromatic heterocycles. The molecule has 0 saturated carbocycles. The van der Waals surface area contributed by atoms with E-state index in [2.05, 4.69) is 9.97 Å². The van der Waals surface area contributed by atoms with Crippen LogP contribution in [0.25, 0.3) is 0 Å². The molecule has 0 aromatic carbocycles. The third-order valence-electron chi connectivity index (χ3n) is 2.90. The Morgan fingerprint density at radius 2 is 2.41 bits per heavy atom. The van der Waals surface area contributed by atoms with E-state index in [0.29, 0.717) is 6.54 Å². The SMILES string of the molecule is CN(CC1CCCCO1)S(=O)(=O)c1cnc[nH]1. The largest absolute Gasteiger partial charge is 0.377 e. The third kappa shape index (κ3) is 2.85. The summed E-state index contributed by atoms with van der Waals surface area (Å²) in [6.07, 6.45) is 5.76. The standard InChI is InChI=1S/C10H17N3O3S/c1-13(7-9-4-2-3-5-16-9)17(14,15)10-6-11-8-12-10/h6,8-9H,2-5,7H2,1H3,(H,11,12). The lowest BCUT2D eigenvalue weighted by Crippen LogP contribution is -2.37. The van der Waals surface area contributed by atoms with E-state index in [4.69, 9.17) is 4.74 Å². The van der Waals surface area contributed by atoms with E-state index in [1.54, 1.807) is 7.05 Å². The van der Waals surface area contributed by atoms with Crippen LogP contribution in [0.3, 0.4) is 0 Å². The number of sulfonamides is 1. The van der Waals surface area contributed by atoms with Crippen LogP contribution in [0.5, 0.6) is 0 Å². The molecule has 0 amide bonds. The number of likely N-dealkylation sites (N-methyl/N-ethyl adjacent to an activating group) is 1. The highest BCUT2D eigenvalue weighted by atomic mass is 32.2.